The lowest BCUT2D eigenvalue weighted by Crippen LogP contribution is -2.36. The van der Waals surface area contributed by atoms with Gasteiger partial charge in [-0.15, -0.1) is 0 Å². The third kappa shape index (κ3) is 4.01. The number of rotatable bonds is 7. The minimum Gasteiger partial charge on any atom is -0.380 e. The fourth-order valence-electron chi connectivity index (χ4n) is 1.42. The molecular weight excluding hydrogens is 190 g/mol. The molecule has 2 atom stereocenters. The van der Waals surface area contributed by atoms with Crippen LogP contribution < -0.4 is 5.32 Å². The van der Waals surface area contributed by atoms with Crippen molar-refractivity contribution >= 4 is 0 Å². The molecule has 0 aromatic carbocycles. The smallest absolute Gasteiger partial charge is 0.0641 e. The number of aromatic nitrogens is 2. The van der Waals surface area contributed by atoms with Crippen LogP contribution in [0.25, 0.3) is 0 Å². The highest BCUT2D eigenvalue weighted by Gasteiger charge is 2.12. The molecule has 86 valence electrons. The molecule has 0 bridgehead atoms. The summed E-state index contributed by atoms with van der Waals surface area (Å²) in [4.78, 5) is 0. The highest BCUT2D eigenvalue weighted by molar-refractivity contribution is 4.83. The van der Waals surface area contributed by atoms with Crippen LogP contribution in [0.5, 0.6) is 0 Å². The number of nitrogens with zero attached hydrogens (tertiary/aromatic N) is 2. The van der Waals surface area contributed by atoms with Crippen molar-refractivity contribution in [2.24, 2.45) is 0 Å². The van der Waals surface area contributed by atoms with E-state index in [1.807, 2.05) is 30.1 Å². The normalized spacial score (nSPS) is 15.1. The van der Waals surface area contributed by atoms with E-state index in [9.17, 15) is 0 Å². The average Bonchev–Trinajstić information content (AvgIpc) is 2.76. The fourth-order valence-corrected chi connectivity index (χ4v) is 1.42. The molecule has 0 aliphatic carbocycles. The molecule has 0 fully saturated rings. The second-order valence-corrected chi connectivity index (χ2v) is 3.67. The average molecular weight is 211 g/mol. The Balaban J connectivity index is 2.24. The van der Waals surface area contributed by atoms with E-state index in [-0.39, 0.29) is 0 Å². The lowest BCUT2D eigenvalue weighted by Gasteiger charge is -2.21. The van der Waals surface area contributed by atoms with Crippen molar-refractivity contribution in [1.82, 2.24) is 15.1 Å². The SMILES string of the molecule is CCOCCN[C@@H](C)[C@H](C)n1cccn1. The van der Waals surface area contributed by atoms with Gasteiger partial charge in [0.05, 0.1) is 12.6 Å². The van der Waals surface area contributed by atoms with Crippen molar-refractivity contribution in [3.63, 3.8) is 0 Å². The van der Waals surface area contributed by atoms with E-state index >= 15 is 0 Å². The summed E-state index contributed by atoms with van der Waals surface area (Å²) in [5, 5.41) is 7.65. The predicted octanol–water partition coefficient (Wildman–Crippen LogP) is 1.46. The van der Waals surface area contributed by atoms with Gasteiger partial charge in [-0.25, -0.2) is 0 Å². The first kappa shape index (κ1) is 12.2. The van der Waals surface area contributed by atoms with Crippen LogP contribution in [0.1, 0.15) is 26.8 Å². The molecule has 0 amide bonds. The van der Waals surface area contributed by atoms with Crippen LogP contribution in [0.2, 0.25) is 0 Å². The van der Waals surface area contributed by atoms with E-state index < -0.39 is 0 Å². The van der Waals surface area contributed by atoms with Crippen LogP contribution in [0.4, 0.5) is 0 Å². The van der Waals surface area contributed by atoms with Crippen LogP contribution in [0.3, 0.4) is 0 Å². The van der Waals surface area contributed by atoms with Gasteiger partial charge in [-0.1, -0.05) is 0 Å². The molecule has 1 N–H and O–H groups in total. The van der Waals surface area contributed by atoms with Gasteiger partial charge in [-0.3, -0.25) is 4.68 Å². The van der Waals surface area contributed by atoms with Gasteiger partial charge in [0.25, 0.3) is 0 Å². The molecule has 1 heterocycles. The first-order chi connectivity index (χ1) is 7.25. The minimum absolute atomic E-state index is 0.363. The van der Waals surface area contributed by atoms with E-state index in [2.05, 4.69) is 24.3 Å². The van der Waals surface area contributed by atoms with Gasteiger partial charge in [0.2, 0.25) is 0 Å². The van der Waals surface area contributed by atoms with E-state index in [4.69, 9.17) is 4.74 Å². The van der Waals surface area contributed by atoms with Crippen LogP contribution >= 0.6 is 0 Å². The lowest BCUT2D eigenvalue weighted by molar-refractivity contribution is 0.145. The van der Waals surface area contributed by atoms with Gasteiger partial charge < -0.3 is 10.1 Å². The van der Waals surface area contributed by atoms with Gasteiger partial charge in [-0.05, 0) is 26.8 Å². The van der Waals surface area contributed by atoms with Gasteiger partial charge in [0.1, 0.15) is 0 Å². The van der Waals surface area contributed by atoms with Crippen LogP contribution in [0.15, 0.2) is 18.5 Å². The summed E-state index contributed by atoms with van der Waals surface area (Å²) >= 11 is 0. The topological polar surface area (TPSA) is 39.1 Å². The summed E-state index contributed by atoms with van der Waals surface area (Å²) < 4.78 is 7.24. The molecule has 0 unspecified atom stereocenters. The van der Waals surface area contributed by atoms with Gasteiger partial charge in [0, 0.05) is 31.6 Å². The molecule has 0 radical (unpaired) electrons. The summed E-state index contributed by atoms with van der Waals surface area (Å²) in [6, 6.07) is 2.70. The van der Waals surface area contributed by atoms with E-state index in [0.29, 0.717) is 12.1 Å². The number of nitrogens with one attached hydrogen (secondary N) is 1. The maximum Gasteiger partial charge on any atom is 0.0641 e. The highest BCUT2D eigenvalue weighted by atomic mass is 16.5. The van der Waals surface area contributed by atoms with Crippen LogP contribution in [-0.2, 0) is 4.74 Å². The lowest BCUT2D eigenvalue weighted by atomic mass is 10.2. The monoisotopic (exact) mass is 211 g/mol. The molecule has 4 heteroatoms. The van der Waals surface area contributed by atoms with Gasteiger partial charge in [-0.2, -0.15) is 5.10 Å². The first-order valence-corrected chi connectivity index (χ1v) is 5.56. The zero-order valence-corrected chi connectivity index (χ0v) is 9.81. The maximum absolute atomic E-state index is 5.27. The van der Waals surface area contributed by atoms with E-state index in [0.717, 1.165) is 19.8 Å². The van der Waals surface area contributed by atoms with Gasteiger partial charge in [0.15, 0.2) is 0 Å². The standard InChI is InChI=1S/C11H21N3O/c1-4-15-9-7-12-10(2)11(3)14-8-5-6-13-14/h5-6,8,10-12H,4,7,9H2,1-3H3/t10-,11-/m0/s1. The van der Waals surface area contributed by atoms with E-state index in [1.54, 1.807) is 0 Å². The third-order valence-electron chi connectivity index (χ3n) is 2.58. The number of hydrogen-bond acceptors (Lipinski definition) is 3. The molecule has 0 saturated carbocycles. The van der Waals surface area contributed by atoms with Crippen molar-refractivity contribution in [1.29, 1.82) is 0 Å². The van der Waals surface area contributed by atoms with Gasteiger partial charge >= 0.3 is 0 Å². The molecule has 0 spiro atoms. The Bertz CT molecular complexity index is 248. The van der Waals surface area contributed by atoms with Crippen molar-refractivity contribution < 1.29 is 4.74 Å². The Morgan fingerprint density at radius 3 is 2.87 bits per heavy atom. The zero-order chi connectivity index (χ0) is 11.1. The van der Waals surface area contributed by atoms with Crippen molar-refractivity contribution in [2.45, 2.75) is 32.9 Å². The molecule has 1 aromatic heterocycles. The van der Waals surface area contributed by atoms with E-state index in [1.165, 1.54) is 0 Å². The molecule has 0 aliphatic rings. The maximum atomic E-state index is 5.27. The summed E-state index contributed by atoms with van der Waals surface area (Å²) in [6.07, 6.45) is 3.80. The molecule has 0 saturated heterocycles. The summed E-state index contributed by atoms with van der Waals surface area (Å²) in [5.74, 6) is 0. The molecule has 1 rings (SSSR count). The summed E-state index contributed by atoms with van der Waals surface area (Å²) in [7, 11) is 0. The van der Waals surface area contributed by atoms with Crippen molar-refractivity contribution in [2.75, 3.05) is 19.8 Å². The quantitative estimate of drug-likeness (QED) is 0.694. The Hall–Kier alpha value is -0.870. The van der Waals surface area contributed by atoms with Crippen LogP contribution in [-0.4, -0.2) is 35.6 Å². The Kier molecular flexibility index (Phi) is 5.36. The Labute approximate surface area is 91.6 Å². The predicted molar refractivity (Wildman–Crippen MR) is 60.9 cm³/mol. The summed E-state index contributed by atoms with van der Waals surface area (Å²) in [6.45, 7) is 8.78. The second-order valence-electron chi connectivity index (χ2n) is 3.67. The molecule has 15 heavy (non-hydrogen) atoms. The molecule has 1 aromatic rings. The Morgan fingerprint density at radius 2 is 2.27 bits per heavy atom. The Morgan fingerprint density at radius 1 is 1.47 bits per heavy atom. The van der Waals surface area contributed by atoms with Crippen molar-refractivity contribution in [3.05, 3.63) is 18.5 Å². The number of hydrogen-bond donors (Lipinski definition) is 1. The summed E-state index contributed by atoms with van der Waals surface area (Å²) in [5.41, 5.74) is 0. The zero-order valence-electron chi connectivity index (χ0n) is 9.81. The second kappa shape index (κ2) is 6.58. The fraction of sp³-hybridized carbons (Fsp3) is 0.727. The molecular formula is C11H21N3O. The number of ether oxygens (including phenoxy) is 1. The minimum atomic E-state index is 0.363. The van der Waals surface area contributed by atoms with Crippen LogP contribution in [0, 0.1) is 0 Å². The molecule has 4 nitrogen and oxygen atoms in total. The van der Waals surface area contributed by atoms with Crippen molar-refractivity contribution in [3.8, 4) is 0 Å². The third-order valence-corrected chi connectivity index (χ3v) is 2.58. The first-order valence-electron chi connectivity index (χ1n) is 5.56. The largest absolute Gasteiger partial charge is 0.380 e. The highest BCUT2D eigenvalue weighted by Crippen LogP contribution is 2.08. The molecule has 0 aliphatic heterocycles.